The summed E-state index contributed by atoms with van der Waals surface area (Å²) < 4.78 is 22.6. The van der Waals surface area contributed by atoms with E-state index in [4.69, 9.17) is 30.0 Å². The van der Waals surface area contributed by atoms with Crippen LogP contribution in [0.3, 0.4) is 0 Å². The van der Waals surface area contributed by atoms with Crippen molar-refractivity contribution in [3.63, 3.8) is 0 Å². The lowest BCUT2D eigenvalue weighted by Crippen LogP contribution is -2.35. The summed E-state index contributed by atoms with van der Waals surface area (Å²) in [4.78, 5) is 36.6. The van der Waals surface area contributed by atoms with Gasteiger partial charge in [0.2, 0.25) is 0 Å². The van der Waals surface area contributed by atoms with E-state index in [1.807, 2.05) is 0 Å². The second-order valence-corrected chi connectivity index (χ2v) is 8.90. The van der Waals surface area contributed by atoms with Crippen molar-refractivity contribution >= 4 is 26.1 Å². The van der Waals surface area contributed by atoms with E-state index in [1.165, 1.54) is 27.7 Å². The van der Waals surface area contributed by atoms with Crippen LogP contribution in [0.15, 0.2) is 10.3 Å². The van der Waals surface area contributed by atoms with Crippen molar-refractivity contribution in [2.75, 3.05) is 0 Å². The first-order valence-corrected chi connectivity index (χ1v) is 8.89. The summed E-state index contributed by atoms with van der Waals surface area (Å²) >= 11 is 0. The van der Waals surface area contributed by atoms with E-state index in [2.05, 4.69) is 10.3 Å². The van der Waals surface area contributed by atoms with Gasteiger partial charge in [-0.25, -0.2) is 0 Å². The van der Waals surface area contributed by atoms with Crippen LogP contribution in [0.25, 0.3) is 0 Å². The SMILES string of the molecule is CC(C)(CC(C)(C)C(=NO)P(=O)(O)O)C(=NO)P(=O)(O)O. The topological polar surface area (TPSA) is 180 Å². The van der Waals surface area contributed by atoms with E-state index in [0.717, 1.165) is 0 Å². The van der Waals surface area contributed by atoms with Gasteiger partial charge in [-0.1, -0.05) is 38.0 Å². The molecule has 0 aromatic rings. The predicted molar refractivity (Wildman–Crippen MR) is 74.7 cm³/mol. The van der Waals surface area contributed by atoms with Crippen molar-refractivity contribution in [2.45, 2.75) is 34.1 Å². The first-order valence-electron chi connectivity index (χ1n) is 5.67. The highest BCUT2D eigenvalue weighted by Gasteiger charge is 2.47. The van der Waals surface area contributed by atoms with Crippen LogP contribution in [0.4, 0.5) is 0 Å². The lowest BCUT2D eigenvalue weighted by molar-refractivity contribution is 0.275. The van der Waals surface area contributed by atoms with E-state index < -0.39 is 36.9 Å². The zero-order valence-electron chi connectivity index (χ0n) is 12.0. The van der Waals surface area contributed by atoms with Gasteiger partial charge in [-0.15, -0.1) is 0 Å². The van der Waals surface area contributed by atoms with Crippen LogP contribution in [0.1, 0.15) is 34.1 Å². The molecule has 0 aliphatic heterocycles. The quantitative estimate of drug-likeness (QED) is 0.180. The Hall–Kier alpha value is -0.760. The first-order chi connectivity index (χ1) is 9.09. The molecule has 0 amide bonds. The van der Waals surface area contributed by atoms with Gasteiger partial charge in [-0.2, -0.15) is 0 Å². The highest BCUT2D eigenvalue weighted by molar-refractivity contribution is 7.71. The van der Waals surface area contributed by atoms with Crippen LogP contribution < -0.4 is 0 Å². The third-order valence-corrected chi connectivity index (χ3v) is 5.33. The van der Waals surface area contributed by atoms with Gasteiger partial charge in [0.1, 0.15) is 0 Å². The van der Waals surface area contributed by atoms with Gasteiger partial charge in [0, 0.05) is 10.8 Å². The highest BCUT2D eigenvalue weighted by atomic mass is 31.2. The van der Waals surface area contributed by atoms with Crippen LogP contribution in [0.5, 0.6) is 0 Å². The molecule has 0 unspecified atom stereocenters. The van der Waals surface area contributed by atoms with Crippen LogP contribution >= 0.6 is 15.2 Å². The molecular weight excluding hydrogens is 326 g/mol. The number of hydrogen-bond donors (Lipinski definition) is 6. The van der Waals surface area contributed by atoms with Crippen molar-refractivity contribution < 1.29 is 39.1 Å². The average Bonchev–Trinajstić information content (AvgIpc) is 2.10. The summed E-state index contributed by atoms with van der Waals surface area (Å²) in [5.41, 5.74) is -4.48. The lowest BCUT2D eigenvalue weighted by Gasteiger charge is -2.35. The number of nitrogens with zero attached hydrogens (tertiary/aromatic N) is 2. The number of hydrogen-bond acceptors (Lipinski definition) is 6. The summed E-state index contributed by atoms with van der Waals surface area (Å²) in [6, 6.07) is 0. The summed E-state index contributed by atoms with van der Waals surface area (Å²) in [5, 5.41) is 22.9. The summed E-state index contributed by atoms with van der Waals surface area (Å²) in [6.07, 6.45) is -0.255. The molecule has 0 heterocycles. The fourth-order valence-electron chi connectivity index (χ4n) is 2.44. The maximum atomic E-state index is 11.3. The normalized spacial score (nSPS) is 16.2. The van der Waals surface area contributed by atoms with E-state index in [1.54, 1.807) is 0 Å². The zero-order valence-corrected chi connectivity index (χ0v) is 13.8. The van der Waals surface area contributed by atoms with E-state index in [-0.39, 0.29) is 6.42 Å². The molecule has 6 N–H and O–H groups in total. The van der Waals surface area contributed by atoms with E-state index >= 15 is 0 Å². The summed E-state index contributed by atoms with van der Waals surface area (Å²) in [7, 11) is -9.72. The zero-order chi connectivity index (χ0) is 17.3. The predicted octanol–water partition coefficient (Wildman–Crippen LogP) is 1.36. The van der Waals surface area contributed by atoms with Gasteiger partial charge in [0.25, 0.3) is 0 Å². The Morgan fingerprint density at radius 1 is 0.810 bits per heavy atom. The first kappa shape index (κ1) is 20.2. The van der Waals surface area contributed by atoms with Gasteiger partial charge in [0.15, 0.2) is 10.9 Å². The Morgan fingerprint density at radius 3 is 1.19 bits per heavy atom. The van der Waals surface area contributed by atoms with Gasteiger partial charge in [0.05, 0.1) is 0 Å². The number of oxime groups is 2. The van der Waals surface area contributed by atoms with Gasteiger partial charge in [-0.3, -0.25) is 9.13 Å². The largest absolute Gasteiger partial charge is 0.410 e. The van der Waals surface area contributed by atoms with Crippen molar-refractivity contribution in [1.82, 2.24) is 0 Å². The van der Waals surface area contributed by atoms with Crippen molar-refractivity contribution in [3.05, 3.63) is 0 Å². The molecule has 0 aromatic carbocycles. The monoisotopic (exact) mass is 346 g/mol. The molecule has 0 atom stereocenters. The van der Waals surface area contributed by atoms with Crippen molar-refractivity contribution in [3.8, 4) is 0 Å². The molecule has 0 bridgehead atoms. The maximum Gasteiger partial charge on any atom is 0.374 e. The molecule has 0 spiro atoms. The third-order valence-electron chi connectivity index (χ3n) is 2.84. The molecule has 0 radical (unpaired) electrons. The lowest BCUT2D eigenvalue weighted by atomic mass is 9.76. The maximum absolute atomic E-state index is 11.3. The molecular formula is C9H20N2O8P2. The molecule has 0 saturated heterocycles. The minimum atomic E-state index is -4.86. The van der Waals surface area contributed by atoms with E-state index in [0.29, 0.717) is 0 Å². The fraction of sp³-hybridized carbons (Fsp3) is 0.778. The highest BCUT2D eigenvalue weighted by Crippen LogP contribution is 2.53. The van der Waals surface area contributed by atoms with Crippen LogP contribution in [0, 0.1) is 10.8 Å². The minimum Gasteiger partial charge on any atom is -0.410 e. The Kier molecular flexibility index (Phi) is 5.94. The van der Waals surface area contributed by atoms with Gasteiger partial charge < -0.3 is 30.0 Å². The third kappa shape index (κ3) is 5.18. The van der Waals surface area contributed by atoms with Crippen molar-refractivity contribution in [2.24, 2.45) is 21.1 Å². The molecule has 10 nitrogen and oxygen atoms in total. The molecule has 21 heavy (non-hydrogen) atoms. The van der Waals surface area contributed by atoms with Gasteiger partial charge >= 0.3 is 15.2 Å². The number of rotatable bonds is 6. The Balaban J connectivity index is 5.74. The molecule has 0 aliphatic carbocycles. The molecule has 0 saturated carbocycles. The summed E-state index contributed by atoms with van der Waals surface area (Å²) in [5.74, 6) is 0. The summed E-state index contributed by atoms with van der Waals surface area (Å²) in [6.45, 7) is 5.32. The molecule has 124 valence electrons. The minimum absolute atomic E-state index is 0.255. The standard InChI is InChI=1S/C9H20N2O8P2/c1-8(2,6(10-12)20(14,15)16)5-9(3,4)7(11-13)21(17,18)19/h12-13H,5H2,1-4H3,(H2,14,15,16)(H2,17,18,19). The van der Waals surface area contributed by atoms with Crippen LogP contribution in [0.2, 0.25) is 0 Å². The average molecular weight is 346 g/mol. The molecule has 12 heteroatoms. The van der Waals surface area contributed by atoms with Crippen LogP contribution in [-0.4, -0.2) is 40.9 Å². The van der Waals surface area contributed by atoms with Crippen LogP contribution in [-0.2, 0) is 9.13 Å². The Morgan fingerprint density at radius 2 is 1.05 bits per heavy atom. The molecule has 0 aliphatic rings. The molecule has 0 rings (SSSR count). The smallest absolute Gasteiger partial charge is 0.374 e. The van der Waals surface area contributed by atoms with Crippen molar-refractivity contribution in [1.29, 1.82) is 0 Å². The second kappa shape index (κ2) is 6.16. The van der Waals surface area contributed by atoms with Gasteiger partial charge in [-0.05, 0) is 6.42 Å². The fourth-order valence-corrected chi connectivity index (χ4v) is 4.41. The van der Waals surface area contributed by atoms with E-state index in [9.17, 15) is 9.13 Å². The molecule has 0 fully saturated rings. The molecule has 0 aromatic heterocycles. The second-order valence-electron chi connectivity index (χ2n) is 5.88. The Bertz CT molecular complexity index is 494. The Labute approximate surface area is 121 Å².